The van der Waals surface area contributed by atoms with Gasteiger partial charge in [-0.1, -0.05) is 13.3 Å². The number of hydrogen-bond acceptors (Lipinski definition) is 5. The van der Waals surface area contributed by atoms with Crippen molar-refractivity contribution < 1.29 is 14.6 Å². The molecule has 0 radical (unpaired) electrons. The van der Waals surface area contributed by atoms with Crippen LogP contribution in [0.15, 0.2) is 30.3 Å². The Morgan fingerprint density at radius 2 is 2.00 bits per heavy atom. The van der Waals surface area contributed by atoms with Crippen molar-refractivity contribution in [2.24, 2.45) is 0 Å². The predicted octanol–water partition coefficient (Wildman–Crippen LogP) is 2.17. The number of β-amino-alcohol motifs (C(OH)–C–C–N with tert-alkyl or cyclic N) is 1. The zero-order valence-electron chi connectivity index (χ0n) is 13.7. The normalized spacial score (nSPS) is 20.6. The van der Waals surface area contributed by atoms with Gasteiger partial charge in [0.2, 0.25) is 0 Å². The number of aryl methyl sites for hydroxylation is 1. The van der Waals surface area contributed by atoms with Crippen LogP contribution in [0.5, 0.6) is 0 Å². The van der Waals surface area contributed by atoms with Gasteiger partial charge < -0.3 is 15.1 Å². The van der Waals surface area contributed by atoms with Gasteiger partial charge in [-0.15, -0.1) is 0 Å². The van der Waals surface area contributed by atoms with Crippen LogP contribution in [0, 0.1) is 5.82 Å². The Morgan fingerprint density at radius 1 is 1.25 bits per heavy atom. The van der Waals surface area contributed by atoms with Gasteiger partial charge >= 0.3 is 0 Å². The molecule has 128 valence electrons. The summed E-state index contributed by atoms with van der Waals surface area (Å²) in [5.41, 5.74) is 1.65. The molecule has 2 N–H and O–H groups in total. The van der Waals surface area contributed by atoms with E-state index in [4.69, 9.17) is 0 Å². The fraction of sp³-hybridized carbons (Fsp3) is 0.444. The monoisotopic (exact) mass is 331 g/mol. The van der Waals surface area contributed by atoms with E-state index in [1.54, 1.807) is 12.1 Å². The first kappa shape index (κ1) is 16.8. The minimum Gasteiger partial charge on any atom is -0.394 e. The summed E-state index contributed by atoms with van der Waals surface area (Å²) >= 11 is 0. The molecule has 1 saturated heterocycles. The van der Waals surface area contributed by atoms with Gasteiger partial charge in [0.15, 0.2) is 5.82 Å². The van der Waals surface area contributed by atoms with E-state index < -0.39 is 6.10 Å². The van der Waals surface area contributed by atoms with E-state index in [0.717, 1.165) is 24.1 Å². The third-order valence-corrected chi connectivity index (χ3v) is 4.27. The predicted molar refractivity (Wildman–Crippen MR) is 90.3 cm³/mol. The summed E-state index contributed by atoms with van der Waals surface area (Å²) in [5, 5.41) is 19.5. The molecule has 2 aromatic rings. The molecule has 0 unspecified atom stereocenters. The molecule has 1 aromatic carbocycles. The van der Waals surface area contributed by atoms with Crippen LogP contribution in [0.2, 0.25) is 0 Å². The lowest BCUT2D eigenvalue weighted by Crippen LogP contribution is -2.33. The fourth-order valence-corrected chi connectivity index (χ4v) is 3.09. The maximum Gasteiger partial charge on any atom is 0.161 e. The van der Waals surface area contributed by atoms with Crippen LogP contribution in [-0.2, 0) is 6.42 Å². The van der Waals surface area contributed by atoms with Crippen LogP contribution in [-0.4, -0.2) is 45.5 Å². The molecule has 24 heavy (non-hydrogen) atoms. The number of aliphatic hydroxyl groups excluding tert-OH is 2. The van der Waals surface area contributed by atoms with E-state index >= 15 is 0 Å². The Morgan fingerprint density at radius 3 is 2.67 bits per heavy atom. The topological polar surface area (TPSA) is 69.5 Å². The smallest absolute Gasteiger partial charge is 0.161 e. The molecule has 1 aliphatic heterocycles. The molecule has 2 atom stereocenters. The SMILES string of the molecule is CCCc1cc(N2C[C@H](O)C[C@H]2CO)nc(-c2ccc(F)cc2)n1. The van der Waals surface area contributed by atoms with E-state index in [-0.39, 0.29) is 18.5 Å². The molecule has 1 fully saturated rings. The Bertz CT molecular complexity index is 693. The molecule has 0 bridgehead atoms. The molecule has 3 rings (SSSR count). The number of benzene rings is 1. The van der Waals surface area contributed by atoms with Gasteiger partial charge in [0, 0.05) is 23.9 Å². The van der Waals surface area contributed by atoms with Crippen LogP contribution >= 0.6 is 0 Å². The highest BCUT2D eigenvalue weighted by molar-refractivity contribution is 5.58. The fourth-order valence-electron chi connectivity index (χ4n) is 3.09. The van der Waals surface area contributed by atoms with Crippen molar-refractivity contribution in [2.75, 3.05) is 18.1 Å². The van der Waals surface area contributed by atoms with Crippen molar-refractivity contribution >= 4 is 5.82 Å². The van der Waals surface area contributed by atoms with Gasteiger partial charge in [-0.05, 0) is 37.1 Å². The first-order chi connectivity index (χ1) is 11.6. The number of hydrogen-bond donors (Lipinski definition) is 2. The third-order valence-electron chi connectivity index (χ3n) is 4.27. The molecule has 0 spiro atoms. The number of aromatic nitrogens is 2. The second kappa shape index (κ2) is 7.23. The minimum absolute atomic E-state index is 0.0317. The molecule has 0 amide bonds. The highest BCUT2D eigenvalue weighted by atomic mass is 19.1. The second-order valence-corrected chi connectivity index (χ2v) is 6.18. The molecule has 1 aliphatic rings. The minimum atomic E-state index is -0.471. The maximum atomic E-state index is 13.2. The first-order valence-corrected chi connectivity index (χ1v) is 8.30. The van der Waals surface area contributed by atoms with Crippen LogP contribution in [0.4, 0.5) is 10.2 Å². The zero-order chi connectivity index (χ0) is 17.1. The summed E-state index contributed by atoms with van der Waals surface area (Å²) in [5.74, 6) is 0.934. The summed E-state index contributed by atoms with van der Waals surface area (Å²) in [7, 11) is 0. The molecule has 0 saturated carbocycles. The second-order valence-electron chi connectivity index (χ2n) is 6.18. The van der Waals surface area contributed by atoms with E-state index in [2.05, 4.69) is 16.9 Å². The highest BCUT2D eigenvalue weighted by Crippen LogP contribution is 2.27. The largest absolute Gasteiger partial charge is 0.394 e. The van der Waals surface area contributed by atoms with Gasteiger partial charge in [0.05, 0.1) is 18.8 Å². The van der Waals surface area contributed by atoms with Crippen molar-refractivity contribution in [3.05, 3.63) is 41.8 Å². The number of rotatable bonds is 5. The van der Waals surface area contributed by atoms with Crippen LogP contribution < -0.4 is 4.90 Å². The van der Waals surface area contributed by atoms with Crippen molar-refractivity contribution in [3.8, 4) is 11.4 Å². The molecule has 0 aliphatic carbocycles. The van der Waals surface area contributed by atoms with E-state index in [1.165, 1.54) is 12.1 Å². The average Bonchev–Trinajstić information content (AvgIpc) is 2.96. The Kier molecular flexibility index (Phi) is 5.06. The van der Waals surface area contributed by atoms with Crippen molar-refractivity contribution in [2.45, 2.75) is 38.3 Å². The molecule has 1 aromatic heterocycles. The molecule has 6 heteroatoms. The lowest BCUT2D eigenvalue weighted by Gasteiger charge is -2.24. The van der Waals surface area contributed by atoms with Gasteiger partial charge in [-0.3, -0.25) is 0 Å². The van der Waals surface area contributed by atoms with Gasteiger partial charge in [0.25, 0.3) is 0 Å². The number of halogens is 1. The van der Waals surface area contributed by atoms with Gasteiger partial charge in [-0.25, -0.2) is 14.4 Å². The molecule has 2 heterocycles. The van der Waals surface area contributed by atoms with E-state index in [0.29, 0.717) is 24.6 Å². The van der Waals surface area contributed by atoms with Gasteiger partial charge in [0.1, 0.15) is 11.6 Å². The molecule has 5 nitrogen and oxygen atoms in total. The van der Waals surface area contributed by atoms with Crippen LogP contribution in [0.1, 0.15) is 25.5 Å². The van der Waals surface area contributed by atoms with Crippen LogP contribution in [0.3, 0.4) is 0 Å². The third kappa shape index (κ3) is 3.55. The summed E-state index contributed by atoms with van der Waals surface area (Å²) in [6, 6.07) is 7.86. The standard InChI is InChI=1S/C18H22FN3O2/c1-2-3-14-8-17(22-10-16(24)9-15(22)11-23)21-18(20-14)12-4-6-13(19)7-5-12/h4-8,15-16,23-24H,2-3,9-11H2,1H3/t15-,16+/m0/s1. The van der Waals surface area contributed by atoms with E-state index in [9.17, 15) is 14.6 Å². The lowest BCUT2D eigenvalue weighted by atomic mass is 10.1. The summed E-state index contributed by atoms with van der Waals surface area (Å²) < 4.78 is 13.2. The quantitative estimate of drug-likeness (QED) is 0.879. The molecular weight excluding hydrogens is 309 g/mol. The van der Waals surface area contributed by atoms with Crippen LogP contribution in [0.25, 0.3) is 11.4 Å². The Labute approximate surface area is 140 Å². The Balaban J connectivity index is 2.01. The van der Waals surface area contributed by atoms with Crippen molar-refractivity contribution in [1.82, 2.24) is 9.97 Å². The highest BCUT2D eigenvalue weighted by Gasteiger charge is 2.31. The van der Waals surface area contributed by atoms with Gasteiger partial charge in [-0.2, -0.15) is 0 Å². The summed E-state index contributed by atoms with van der Waals surface area (Å²) in [6.07, 6.45) is 1.81. The molecular formula is C18H22FN3O2. The lowest BCUT2D eigenvalue weighted by molar-refractivity contribution is 0.184. The van der Waals surface area contributed by atoms with E-state index in [1.807, 2.05) is 11.0 Å². The maximum absolute atomic E-state index is 13.2. The number of nitrogens with zero attached hydrogens (tertiary/aromatic N) is 3. The average molecular weight is 331 g/mol. The van der Waals surface area contributed by atoms with Crippen molar-refractivity contribution in [1.29, 1.82) is 0 Å². The Hall–Kier alpha value is -2.05. The number of aliphatic hydroxyl groups is 2. The zero-order valence-corrected chi connectivity index (χ0v) is 13.7. The summed E-state index contributed by atoms with van der Waals surface area (Å²) in [6.45, 7) is 2.49. The first-order valence-electron chi connectivity index (χ1n) is 8.30. The van der Waals surface area contributed by atoms with Crippen molar-refractivity contribution in [3.63, 3.8) is 0 Å². The number of anilines is 1. The summed E-state index contributed by atoms with van der Waals surface area (Å²) in [4.78, 5) is 11.1.